The third-order valence-electron chi connectivity index (χ3n) is 6.44. The zero-order chi connectivity index (χ0) is 25.0. The van der Waals surface area contributed by atoms with Gasteiger partial charge in [-0.25, -0.2) is 27.1 Å². The minimum Gasteiger partial charge on any atom is -0.366 e. The molecular weight excluding hydrogens is 474 g/mol. The molecule has 7 nitrogen and oxygen atoms in total. The molecule has 1 atom stereocenters. The standard InChI is InChI=1S/C25H19F4N7/c26-18-3-1-14(2-4-18)23(16-10-25(28,29)11-16)36-13-17(12-31-36)20-6-5-19(27)22(32-20)15-7-8-35-21(9-15)33-24(30)34-35/h1-9,12-13,16,23H,10-11H2,(H2,30,34). The van der Waals surface area contributed by atoms with Gasteiger partial charge in [0, 0.05) is 36.4 Å². The Morgan fingerprint density at radius 2 is 1.75 bits per heavy atom. The van der Waals surface area contributed by atoms with Crippen molar-refractivity contribution < 1.29 is 17.6 Å². The number of anilines is 1. The lowest BCUT2D eigenvalue weighted by Gasteiger charge is -2.40. The van der Waals surface area contributed by atoms with Gasteiger partial charge in [0.1, 0.15) is 17.3 Å². The monoisotopic (exact) mass is 493 g/mol. The van der Waals surface area contributed by atoms with E-state index in [4.69, 9.17) is 5.73 Å². The van der Waals surface area contributed by atoms with Gasteiger partial charge < -0.3 is 5.73 Å². The molecule has 1 aliphatic carbocycles. The summed E-state index contributed by atoms with van der Waals surface area (Å²) in [6.07, 6.45) is 4.30. The SMILES string of the molecule is Nc1nc2cc(-c3nc(-c4cnn(C(c5ccc(F)cc5)C5CC(F)(F)C5)c4)ccc3F)ccn2n1. The number of pyridine rings is 2. The van der Waals surface area contributed by atoms with Gasteiger partial charge in [-0.1, -0.05) is 12.1 Å². The molecule has 6 rings (SSSR count). The number of nitrogen functional groups attached to an aromatic ring is 1. The quantitative estimate of drug-likeness (QED) is 0.342. The number of rotatable bonds is 5. The number of halogens is 4. The molecule has 0 spiro atoms. The highest BCUT2D eigenvalue weighted by atomic mass is 19.3. The second-order valence-corrected chi connectivity index (χ2v) is 8.94. The van der Waals surface area contributed by atoms with Crippen molar-refractivity contribution in [3.05, 3.63) is 84.3 Å². The van der Waals surface area contributed by atoms with E-state index in [2.05, 4.69) is 20.2 Å². The van der Waals surface area contributed by atoms with E-state index in [1.165, 1.54) is 28.8 Å². The van der Waals surface area contributed by atoms with Gasteiger partial charge in [0.15, 0.2) is 5.65 Å². The van der Waals surface area contributed by atoms with Gasteiger partial charge >= 0.3 is 0 Å². The fourth-order valence-electron chi connectivity index (χ4n) is 4.71. The summed E-state index contributed by atoms with van der Waals surface area (Å²) in [5.74, 6) is -3.92. The van der Waals surface area contributed by atoms with Gasteiger partial charge in [0.05, 0.1) is 17.9 Å². The van der Waals surface area contributed by atoms with Gasteiger partial charge in [-0.2, -0.15) is 10.1 Å². The first-order valence-electron chi connectivity index (χ1n) is 11.2. The summed E-state index contributed by atoms with van der Waals surface area (Å²) in [4.78, 5) is 8.59. The van der Waals surface area contributed by atoms with Crippen LogP contribution >= 0.6 is 0 Å². The third kappa shape index (κ3) is 3.96. The van der Waals surface area contributed by atoms with Gasteiger partial charge in [0.2, 0.25) is 11.9 Å². The number of hydrogen-bond donors (Lipinski definition) is 1. The largest absolute Gasteiger partial charge is 0.366 e. The van der Waals surface area contributed by atoms with E-state index in [0.29, 0.717) is 28.0 Å². The first-order chi connectivity index (χ1) is 17.3. The van der Waals surface area contributed by atoms with Crippen molar-refractivity contribution in [2.45, 2.75) is 24.8 Å². The smallest absolute Gasteiger partial charge is 0.248 e. The summed E-state index contributed by atoms with van der Waals surface area (Å²) in [5.41, 5.74) is 8.40. The molecule has 0 amide bonds. The van der Waals surface area contributed by atoms with E-state index in [9.17, 15) is 17.6 Å². The van der Waals surface area contributed by atoms with Crippen molar-refractivity contribution in [3.8, 4) is 22.5 Å². The maximum atomic E-state index is 14.7. The summed E-state index contributed by atoms with van der Waals surface area (Å²) in [7, 11) is 0. The summed E-state index contributed by atoms with van der Waals surface area (Å²) in [6.45, 7) is 0. The van der Waals surface area contributed by atoms with Gasteiger partial charge in [-0.3, -0.25) is 4.68 Å². The van der Waals surface area contributed by atoms with Crippen molar-refractivity contribution in [3.63, 3.8) is 0 Å². The van der Waals surface area contributed by atoms with Crippen molar-refractivity contribution in [1.82, 2.24) is 29.4 Å². The van der Waals surface area contributed by atoms with E-state index in [1.807, 2.05) is 0 Å². The fraction of sp³-hybridized carbons (Fsp3) is 0.200. The maximum absolute atomic E-state index is 14.7. The lowest BCUT2D eigenvalue weighted by molar-refractivity contribution is -0.120. The van der Waals surface area contributed by atoms with Crippen molar-refractivity contribution in [2.75, 3.05) is 5.73 Å². The molecule has 4 aromatic heterocycles. The maximum Gasteiger partial charge on any atom is 0.248 e. The van der Waals surface area contributed by atoms with Gasteiger partial charge in [-0.15, -0.1) is 5.10 Å². The molecule has 36 heavy (non-hydrogen) atoms. The lowest BCUT2D eigenvalue weighted by atomic mass is 9.74. The van der Waals surface area contributed by atoms with Crippen LogP contribution < -0.4 is 5.73 Å². The molecule has 1 fully saturated rings. The fourth-order valence-corrected chi connectivity index (χ4v) is 4.71. The second-order valence-electron chi connectivity index (χ2n) is 8.94. The number of fused-ring (bicyclic) bond motifs is 1. The van der Waals surface area contributed by atoms with E-state index in [-0.39, 0.29) is 30.4 Å². The Morgan fingerprint density at radius 3 is 2.50 bits per heavy atom. The Hall–Kier alpha value is -4.28. The van der Waals surface area contributed by atoms with Crippen LogP contribution in [0.5, 0.6) is 0 Å². The molecule has 2 N–H and O–H groups in total. The predicted molar refractivity (Wildman–Crippen MR) is 124 cm³/mol. The first kappa shape index (κ1) is 22.2. The molecule has 0 saturated heterocycles. The Balaban J connectivity index is 1.36. The molecule has 4 heterocycles. The zero-order valence-corrected chi connectivity index (χ0v) is 18.7. The Kier molecular flexibility index (Phi) is 5.02. The topological polar surface area (TPSA) is 86.9 Å². The number of nitrogens with zero attached hydrogens (tertiary/aromatic N) is 6. The van der Waals surface area contributed by atoms with Crippen LogP contribution in [-0.2, 0) is 0 Å². The van der Waals surface area contributed by atoms with Crippen LogP contribution in [0.4, 0.5) is 23.5 Å². The Bertz CT molecular complexity index is 1570. The second kappa shape index (κ2) is 8.14. The molecule has 11 heteroatoms. The average molecular weight is 493 g/mol. The Labute approximate surface area is 202 Å². The van der Waals surface area contributed by atoms with Crippen LogP contribution in [0.15, 0.2) is 67.1 Å². The molecule has 1 unspecified atom stereocenters. The Morgan fingerprint density at radius 1 is 0.972 bits per heavy atom. The zero-order valence-electron chi connectivity index (χ0n) is 18.7. The molecule has 0 bridgehead atoms. The molecule has 1 aliphatic rings. The molecule has 0 radical (unpaired) electrons. The van der Waals surface area contributed by atoms with Crippen LogP contribution in [0.25, 0.3) is 28.2 Å². The first-order valence-corrected chi connectivity index (χ1v) is 11.2. The summed E-state index contributed by atoms with van der Waals surface area (Å²) in [6, 6.07) is 11.4. The van der Waals surface area contributed by atoms with Crippen molar-refractivity contribution in [1.29, 1.82) is 0 Å². The minimum absolute atomic E-state index is 0.0988. The minimum atomic E-state index is -2.72. The highest BCUT2D eigenvalue weighted by molar-refractivity contribution is 5.68. The summed E-state index contributed by atoms with van der Waals surface area (Å²) in [5, 5.41) is 8.43. The number of alkyl halides is 2. The van der Waals surface area contributed by atoms with Gasteiger partial charge in [-0.05, 0) is 47.9 Å². The number of hydrogen-bond acceptors (Lipinski definition) is 5. The van der Waals surface area contributed by atoms with Crippen LogP contribution in [0.3, 0.4) is 0 Å². The molecule has 0 aliphatic heterocycles. The van der Waals surface area contributed by atoms with Crippen LogP contribution in [0.2, 0.25) is 0 Å². The highest BCUT2D eigenvalue weighted by Crippen LogP contribution is 2.49. The number of benzene rings is 1. The molecule has 5 aromatic rings. The average Bonchev–Trinajstić information content (AvgIpc) is 3.45. The summed E-state index contributed by atoms with van der Waals surface area (Å²) < 4.78 is 58.7. The van der Waals surface area contributed by atoms with Gasteiger partial charge in [0.25, 0.3) is 0 Å². The van der Waals surface area contributed by atoms with E-state index in [1.54, 1.807) is 47.5 Å². The number of aromatic nitrogens is 6. The van der Waals surface area contributed by atoms with Crippen molar-refractivity contribution >= 4 is 11.6 Å². The third-order valence-corrected chi connectivity index (χ3v) is 6.44. The predicted octanol–water partition coefficient (Wildman–Crippen LogP) is 5.15. The number of nitrogens with two attached hydrogens (primary N) is 1. The lowest BCUT2D eigenvalue weighted by Crippen LogP contribution is -2.41. The van der Waals surface area contributed by atoms with E-state index in [0.717, 1.165) is 0 Å². The highest BCUT2D eigenvalue weighted by Gasteiger charge is 2.49. The van der Waals surface area contributed by atoms with Crippen LogP contribution in [-0.4, -0.2) is 35.3 Å². The van der Waals surface area contributed by atoms with Crippen molar-refractivity contribution in [2.24, 2.45) is 5.92 Å². The molecule has 1 saturated carbocycles. The van der Waals surface area contributed by atoms with E-state index < -0.39 is 23.6 Å². The van der Waals surface area contributed by atoms with Crippen LogP contribution in [0, 0.1) is 17.6 Å². The normalized spacial score (nSPS) is 16.2. The molecule has 1 aromatic carbocycles. The summed E-state index contributed by atoms with van der Waals surface area (Å²) >= 11 is 0. The van der Waals surface area contributed by atoms with Crippen LogP contribution in [0.1, 0.15) is 24.4 Å². The molecule has 182 valence electrons. The molecular formula is C25H19F4N7. The van der Waals surface area contributed by atoms with E-state index >= 15 is 0 Å².